The Labute approximate surface area is 463 Å². The van der Waals surface area contributed by atoms with Crippen LogP contribution in [0.5, 0.6) is 0 Å². The van der Waals surface area contributed by atoms with Crippen molar-refractivity contribution in [2.45, 2.75) is 93.9 Å². The Kier molecular flexibility index (Phi) is 11.5. The fourth-order valence-corrected chi connectivity index (χ4v) is 14.1. The van der Waals surface area contributed by atoms with Crippen LogP contribution in [0, 0.1) is 55.4 Å². The standard InChI is InChI=1S/C78H68/c1-45-49(5)75(50(6)46(2)73(45)63-32-36-67-65-34-30-61(41-69(65)77(9,10)71(67)43-63)58-26-18-24-56(38-58)53-20-14-13-15-21-53)76-51(7)47(3)74(48(4)52(76)8)64-33-37-68-66-35-31-62(42-70(66)78(11,12)72(68)44-64)59-27-19-25-57(40-59)60-29-28-54-22-16-17-23-55(54)39-60/h13-44H,1-12H3. The van der Waals surface area contributed by atoms with Crippen molar-refractivity contribution in [2.75, 3.05) is 0 Å². The summed E-state index contributed by atoms with van der Waals surface area (Å²) in [5.74, 6) is 0. The van der Waals surface area contributed by atoms with Gasteiger partial charge in [0.05, 0.1) is 0 Å². The minimum Gasteiger partial charge on any atom is -0.0622 e. The normalized spacial score (nSPS) is 13.6. The summed E-state index contributed by atoms with van der Waals surface area (Å²) >= 11 is 0. The molecule has 0 spiro atoms. The fraction of sp³-hybridized carbons (Fsp3) is 0.179. The van der Waals surface area contributed by atoms with Crippen molar-refractivity contribution in [2.24, 2.45) is 0 Å². The molecule has 2 aliphatic rings. The predicted molar refractivity (Wildman–Crippen MR) is 335 cm³/mol. The van der Waals surface area contributed by atoms with Gasteiger partial charge in [0.25, 0.3) is 0 Å². The molecule has 0 saturated carbocycles. The molecule has 0 heterocycles. The summed E-state index contributed by atoms with van der Waals surface area (Å²) in [4.78, 5) is 0. The lowest BCUT2D eigenvalue weighted by Gasteiger charge is -2.28. The summed E-state index contributed by atoms with van der Waals surface area (Å²) in [5.41, 5.74) is 39.7. The molecule has 0 aromatic heterocycles. The molecule has 11 aromatic rings. The first-order valence-electron chi connectivity index (χ1n) is 28.1. The van der Waals surface area contributed by atoms with E-state index in [0.29, 0.717) is 0 Å². The van der Waals surface area contributed by atoms with Crippen molar-refractivity contribution in [1.82, 2.24) is 0 Å². The van der Waals surface area contributed by atoms with Gasteiger partial charge in [-0.25, -0.2) is 0 Å². The molecule has 0 aliphatic heterocycles. The Morgan fingerprint density at radius 3 is 0.897 bits per heavy atom. The van der Waals surface area contributed by atoms with Crippen LogP contribution < -0.4 is 0 Å². The van der Waals surface area contributed by atoms with E-state index in [1.54, 1.807) is 0 Å². The molecule has 2 aliphatic carbocycles. The second-order valence-electron chi connectivity index (χ2n) is 23.9. The average molecular weight is 1010 g/mol. The summed E-state index contributed by atoms with van der Waals surface area (Å²) in [5, 5.41) is 2.54. The van der Waals surface area contributed by atoms with Gasteiger partial charge in [0.15, 0.2) is 0 Å². The van der Waals surface area contributed by atoms with E-state index in [4.69, 9.17) is 0 Å². The number of hydrogen-bond donors (Lipinski definition) is 0. The highest BCUT2D eigenvalue weighted by Crippen LogP contribution is 2.54. The molecule has 78 heavy (non-hydrogen) atoms. The van der Waals surface area contributed by atoms with Gasteiger partial charge in [0.2, 0.25) is 0 Å². The zero-order valence-corrected chi connectivity index (χ0v) is 47.5. The maximum absolute atomic E-state index is 2.52. The van der Waals surface area contributed by atoms with Crippen LogP contribution in [0.25, 0.3) is 111 Å². The molecule has 0 heteroatoms. The summed E-state index contributed by atoms with van der Waals surface area (Å²) < 4.78 is 0. The lowest BCUT2D eigenvalue weighted by Crippen LogP contribution is -2.15. The SMILES string of the molecule is Cc1c(C)c(-c2c(C)c(C)c(-c3ccc4c(c3)C(C)(C)c3cc(-c5cccc(-c6ccc7ccccc7c6)c5)ccc3-4)c(C)c2C)c(C)c(C)c1-c1ccc2c(c1)C(C)(C)c1cc(-c3cccc(-c4ccccc4)c3)ccc1-2. The lowest BCUT2D eigenvalue weighted by atomic mass is 9.76. The third kappa shape index (κ3) is 7.55. The Bertz CT molecular complexity index is 4260. The van der Waals surface area contributed by atoms with Crippen LogP contribution in [0.3, 0.4) is 0 Å². The summed E-state index contributed by atoms with van der Waals surface area (Å²) in [6, 6.07) is 73.0. The van der Waals surface area contributed by atoms with Crippen LogP contribution in [0.2, 0.25) is 0 Å². The smallest absolute Gasteiger partial charge is 0.0159 e. The van der Waals surface area contributed by atoms with Gasteiger partial charge >= 0.3 is 0 Å². The van der Waals surface area contributed by atoms with Crippen LogP contribution in [0.4, 0.5) is 0 Å². The first-order chi connectivity index (χ1) is 37.5. The van der Waals surface area contributed by atoms with E-state index >= 15 is 0 Å². The predicted octanol–water partition coefficient (Wildman–Crippen LogP) is 21.6. The number of benzene rings is 11. The maximum Gasteiger partial charge on any atom is 0.0159 e. The molecule has 0 unspecified atom stereocenters. The summed E-state index contributed by atoms with van der Waals surface area (Å²) in [6.07, 6.45) is 0. The zero-order valence-electron chi connectivity index (χ0n) is 47.5. The molecule has 0 saturated heterocycles. The highest BCUT2D eigenvalue weighted by atomic mass is 14.4. The lowest BCUT2D eigenvalue weighted by molar-refractivity contribution is 0.660. The van der Waals surface area contributed by atoms with E-state index in [-0.39, 0.29) is 10.8 Å². The van der Waals surface area contributed by atoms with E-state index in [0.717, 1.165) is 0 Å². The fourth-order valence-electron chi connectivity index (χ4n) is 14.1. The van der Waals surface area contributed by atoms with E-state index in [9.17, 15) is 0 Å². The Morgan fingerprint density at radius 2 is 0.487 bits per heavy atom. The van der Waals surface area contributed by atoms with Gasteiger partial charge < -0.3 is 0 Å². The van der Waals surface area contributed by atoms with E-state index < -0.39 is 0 Å². The summed E-state index contributed by atoms with van der Waals surface area (Å²) in [6.45, 7) is 28.6. The first kappa shape index (κ1) is 49.3. The second-order valence-corrected chi connectivity index (χ2v) is 23.9. The van der Waals surface area contributed by atoms with Crippen LogP contribution in [0.1, 0.15) is 94.5 Å². The van der Waals surface area contributed by atoms with Crippen LogP contribution in [-0.2, 0) is 10.8 Å². The molecule has 0 N–H and O–H groups in total. The van der Waals surface area contributed by atoms with Gasteiger partial charge in [0, 0.05) is 10.8 Å². The number of fused-ring (bicyclic) bond motifs is 7. The monoisotopic (exact) mass is 1000 g/mol. The highest BCUT2D eigenvalue weighted by Gasteiger charge is 2.38. The van der Waals surface area contributed by atoms with Crippen molar-refractivity contribution in [3.05, 3.63) is 261 Å². The van der Waals surface area contributed by atoms with Crippen molar-refractivity contribution in [1.29, 1.82) is 0 Å². The van der Waals surface area contributed by atoms with Gasteiger partial charge in [0.1, 0.15) is 0 Å². The molecule has 0 radical (unpaired) electrons. The number of hydrogen-bond acceptors (Lipinski definition) is 0. The topological polar surface area (TPSA) is 0 Å². The van der Waals surface area contributed by atoms with Crippen molar-refractivity contribution in [3.63, 3.8) is 0 Å². The van der Waals surface area contributed by atoms with E-state index in [1.807, 2.05) is 0 Å². The van der Waals surface area contributed by atoms with Crippen molar-refractivity contribution in [3.8, 4) is 100 Å². The van der Waals surface area contributed by atoms with E-state index in [1.165, 1.54) is 178 Å². The van der Waals surface area contributed by atoms with Gasteiger partial charge in [-0.2, -0.15) is 0 Å². The molecule has 0 atom stereocenters. The van der Waals surface area contributed by atoms with Gasteiger partial charge in [-0.3, -0.25) is 0 Å². The number of rotatable bonds is 7. The minimum absolute atomic E-state index is 0.153. The zero-order chi connectivity index (χ0) is 54.1. The van der Waals surface area contributed by atoms with Gasteiger partial charge in [-0.05, 0) is 276 Å². The Balaban J connectivity index is 0.815. The van der Waals surface area contributed by atoms with Gasteiger partial charge in [-0.1, -0.05) is 179 Å². The van der Waals surface area contributed by atoms with Crippen molar-refractivity contribution >= 4 is 10.8 Å². The minimum atomic E-state index is -0.165. The Morgan fingerprint density at radius 1 is 0.205 bits per heavy atom. The molecule has 0 amide bonds. The molecule has 11 aromatic carbocycles. The largest absolute Gasteiger partial charge is 0.0622 e. The first-order valence-corrected chi connectivity index (χ1v) is 28.1. The molecule has 0 fully saturated rings. The van der Waals surface area contributed by atoms with Crippen molar-refractivity contribution < 1.29 is 0 Å². The highest BCUT2D eigenvalue weighted by molar-refractivity contribution is 5.94. The molecular weight excluding hydrogens is 937 g/mol. The third-order valence-corrected chi connectivity index (χ3v) is 19.0. The summed E-state index contributed by atoms with van der Waals surface area (Å²) in [7, 11) is 0. The molecule has 13 rings (SSSR count). The van der Waals surface area contributed by atoms with Gasteiger partial charge in [-0.15, -0.1) is 0 Å². The molecule has 380 valence electrons. The quantitative estimate of drug-likeness (QED) is 0.149. The molecule has 0 bridgehead atoms. The van der Waals surface area contributed by atoms with Crippen LogP contribution in [0.15, 0.2) is 194 Å². The van der Waals surface area contributed by atoms with Crippen LogP contribution >= 0.6 is 0 Å². The second kappa shape index (κ2) is 18.1. The maximum atomic E-state index is 2.52. The third-order valence-electron chi connectivity index (χ3n) is 19.0. The van der Waals surface area contributed by atoms with E-state index in [2.05, 4.69) is 277 Å². The van der Waals surface area contributed by atoms with Crippen LogP contribution in [-0.4, -0.2) is 0 Å². The Hall–Kier alpha value is -8.32. The molecule has 0 nitrogen and oxygen atoms in total. The molecular formula is C78H68. The average Bonchev–Trinajstić information content (AvgIpc) is 3.97.